The van der Waals surface area contributed by atoms with E-state index in [0.29, 0.717) is 5.69 Å². The Hall–Kier alpha value is -3.51. The van der Waals surface area contributed by atoms with Crippen LogP contribution >= 0.6 is 0 Å². The van der Waals surface area contributed by atoms with Crippen LogP contribution in [0.1, 0.15) is 0 Å². The van der Waals surface area contributed by atoms with E-state index in [1.54, 1.807) is 7.05 Å². The lowest BCUT2D eigenvalue weighted by atomic mass is 10.2. The Kier molecular flexibility index (Phi) is 5.95. The topological polar surface area (TPSA) is 71.2 Å². The Morgan fingerprint density at radius 3 is 2.10 bits per heavy atom. The van der Waals surface area contributed by atoms with Crippen LogP contribution in [0.2, 0.25) is 0 Å². The molecule has 3 aromatic rings. The summed E-state index contributed by atoms with van der Waals surface area (Å²) >= 11 is 0. The average Bonchev–Trinajstić information content (AvgIpc) is 3.10. The van der Waals surface area contributed by atoms with Gasteiger partial charge in [0.05, 0.1) is 17.1 Å². The van der Waals surface area contributed by atoms with E-state index >= 15 is 0 Å². The lowest BCUT2D eigenvalue weighted by Crippen LogP contribution is -2.26. The minimum atomic E-state index is -4.69. The first-order chi connectivity index (χ1) is 14.4. The average molecular weight is 448 g/mol. The van der Waals surface area contributed by atoms with Crippen LogP contribution in [0.15, 0.2) is 47.4 Å². The van der Waals surface area contributed by atoms with Gasteiger partial charge < -0.3 is 9.47 Å². The first kappa shape index (κ1) is 22.2. The molecule has 2 aromatic heterocycles. The summed E-state index contributed by atoms with van der Waals surface area (Å²) in [5.74, 6) is -0.147. The molecule has 1 aromatic carbocycles. The summed E-state index contributed by atoms with van der Waals surface area (Å²) in [4.78, 5) is 16.7. The minimum Gasteiger partial charge on any atom is -0.484 e. The molecule has 0 atom stereocenters. The smallest absolute Gasteiger partial charge is 0.422 e. The zero-order chi connectivity index (χ0) is 22.8. The summed E-state index contributed by atoms with van der Waals surface area (Å²) in [5, 5.41) is 3.92. The number of rotatable bonds is 6. The molecule has 0 saturated carbocycles. The Labute approximate surface area is 170 Å². The molecule has 0 aliphatic carbocycles. The first-order valence-electron chi connectivity index (χ1n) is 8.55. The van der Waals surface area contributed by atoms with Gasteiger partial charge in [-0.3, -0.25) is 9.48 Å². The van der Waals surface area contributed by atoms with Crippen LogP contribution < -0.4 is 15.0 Å². The maximum Gasteiger partial charge on any atom is 0.422 e. The van der Waals surface area contributed by atoms with Gasteiger partial charge in [-0.15, -0.1) is 0 Å². The summed E-state index contributed by atoms with van der Waals surface area (Å²) in [5.41, 5.74) is -0.363. The second-order valence-electron chi connectivity index (χ2n) is 6.24. The number of nitrogens with zero attached hydrogens (tertiary/aromatic N) is 4. The summed E-state index contributed by atoms with van der Waals surface area (Å²) in [7, 11) is 1.55. The second kappa shape index (κ2) is 8.32. The molecular formula is C18H14F6N4O3. The monoisotopic (exact) mass is 448 g/mol. The van der Waals surface area contributed by atoms with Crippen molar-refractivity contribution in [3.05, 3.63) is 52.9 Å². The quantitative estimate of drug-likeness (QED) is 0.540. The van der Waals surface area contributed by atoms with Crippen LogP contribution in [0, 0.1) is 0 Å². The fourth-order valence-electron chi connectivity index (χ4n) is 2.55. The maximum absolute atomic E-state index is 12.7. The molecule has 0 spiro atoms. The molecular weight excluding hydrogens is 434 g/mol. The number of alkyl halides is 6. The standard InChI is InChI=1S/C18H14F6N4O3/c1-27-14(6-7-25-27)13-8-15(29)28(16(26-13)31-10-18(22,23)24)11-2-4-12(5-3-11)30-9-17(19,20)21/h2-8H,9-10H2,1H3. The Morgan fingerprint density at radius 2 is 1.55 bits per heavy atom. The van der Waals surface area contributed by atoms with Crippen LogP contribution in [-0.2, 0) is 7.05 Å². The van der Waals surface area contributed by atoms with Gasteiger partial charge in [0.15, 0.2) is 13.2 Å². The Morgan fingerprint density at radius 1 is 0.935 bits per heavy atom. The Balaban J connectivity index is 2.00. The molecule has 0 saturated heterocycles. The van der Waals surface area contributed by atoms with Crippen LogP contribution in [0.5, 0.6) is 11.8 Å². The van der Waals surface area contributed by atoms with Crippen molar-refractivity contribution in [1.29, 1.82) is 0 Å². The van der Waals surface area contributed by atoms with Crippen molar-refractivity contribution in [1.82, 2.24) is 19.3 Å². The number of benzene rings is 1. The molecule has 2 heterocycles. The van der Waals surface area contributed by atoms with E-state index in [9.17, 15) is 31.1 Å². The summed E-state index contributed by atoms with van der Waals surface area (Å²) in [6.45, 7) is -3.23. The van der Waals surface area contributed by atoms with E-state index in [1.807, 2.05) is 0 Å². The number of hydrogen-bond donors (Lipinski definition) is 0. The Bertz CT molecular complexity index is 1100. The minimum absolute atomic E-state index is 0.0191. The van der Waals surface area contributed by atoms with Crippen LogP contribution in [0.4, 0.5) is 26.3 Å². The van der Waals surface area contributed by atoms with E-state index in [2.05, 4.69) is 14.8 Å². The first-order valence-corrected chi connectivity index (χ1v) is 8.55. The zero-order valence-corrected chi connectivity index (χ0v) is 15.7. The largest absolute Gasteiger partial charge is 0.484 e. The molecule has 3 rings (SSSR count). The van der Waals surface area contributed by atoms with Gasteiger partial charge in [0, 0.05) is 19.3 Å². The third-order valence-electron chi connectivity index (χ3n) is 3.83. The van der Waals surface area contributed by atoms with Gasteiger partial charge in [0.1, 0.15) is 5.75 Å². The molecule has 0 aliphatic heterocycles. The third-order valence-corrected chi connectivity index (χ3v) is 3.83. The summed E-state index contributed by atoms with van der Waals surface area (Å²) in [6.07, 6.45) is -7.82. The summed E-state index contributed by atoms with van der Waals surface area (Å²) in [6, 6.07) is 6.59. The van der Waals surface area contributed by atoms with Crippen LogP contribution in [-0.4, -0.2) is 44.9 Å². The van der Waals surface area contributed by atoms with Crippen molar-refractivity contribution in [2.24, 2.45) is 7.05 Å². The zero-order valence-electron chi connectivity index (χ0n) is 15.7. The highest BCUT2D eigenvalue weighted by molar-refractivity contribution is 5.54. The highest BCUT2D eigenvalue weighted by atomic mass is 19.4. The second-order valence-corrected chi connectivity index (χ2v) is 6.24. The van der Waals surface area contributed by atoms with Crippen molar-refractivity contribution >= 4 is 0 Å². The number of hydrogen-bond acceptors (Lipinski definition) is 5. The van der Waals surface area contributed by atoms with Crippen molar-refractivity contribution in [2.45, 2.75) is 12.4 Å². The van der Waals surface area contributed by atoms with Gasteiger partial charge in [0.2, 0.25) is 0 Å². The molecule has 0 radical (unpaired) electrons. The van der Waals surface area contributed by atoms with Gasteiger partial charge in [-0.05, 0) is 30.3 Å². The number of ether oxygens (including phenoxy) is 2. The predicted molar refractivity (Wildman–Crippen MR) is 95.1 cm³/mol. The van der Waals surface area contributed by atoms with Gasteiger partial charge >= 0.3 is 18.4 Å². The normalized spacial score (nSPS) is 12.1. The SMILES string of the molecule is Cn1nccc1-c1cc(=O)n(-c2ccc(OCC(F)(F)F)cc2)c(OCC(F)(F)F)n1. The van der Waals surface area contributed by atoms with Gasteiger partial charge in [-0.25, -0.2) is 4.57 Å². The van der Waals surface area contributed by atoms with E-state index in [-0.39, 0.29) is 17.1 Å². The van der Waals surface area contributed by atoms with Crippen molar-refractivity contribution < 1.29 is 35.8 Å². The third kappa shape index (κ3) is 5.77. The van der Waals surface area contributed by atoms with Crippen LogP contribution in [0.25, 0.3) is 17.1 Å². The molecule has 166 valence electrons. The highest BCUT2D eigenvalue weighted by Gasteiger charge is 2.30. The fourth-order valence-corrected chi connectivity index (χ4v) is 2.55. The van der Waals surface area contributed by atoms with Gasteiger partial charge in [-0.1, -0.05) is 0 Å². The molecule has 7 nitrogen and oxygen atoms in total. The van der Waals surface area contributed by atoms with Crippen molar-refractivity contribution in [3.63, 3.8) is 0 Å². The van der Waals surface area contributed by atoms with Gasteiger partial charge in [0.25, 0.3) is 5.56 Å². The van der Waals surface area contributed by atoms with E-state index in [4.69, 9.17) is 4.74 Å². The lowest BCUT2D eigenvalue weighted by Gasteiger charge is -2.16. The number of aryl methyl sites for hydroxylation is 1. The van der Waals surface area contributed by atoms with Crippen molar-refractivity contribution in [2.75, 3.05) is 13.2 Å². The molecule has 0 N–H and O–H groups in total. The molecule has 13 heteroatoms. The molecule has 0 amide bonds. The predicted octanol–water partition coefficient (Wildman–Crippen LogP) is 3.52. The van der Waals surface area contributed by atoms with Crippen LogP contribution in [0.3, 0.4) is 0 Å². The van der Waals surface area contributed by atoms with E-state index in [0.717, 1.165) is 22.8 Å². The maximum atomic E-state index is 12.7. The lowest BCUT2D eigenvalue weighted by molar-refractivity contribution is -0.155. The van der Waals surface area contributed by atoms with Crippen molar-refractivity contribution in [3.8, 4) is 28.8 Å². The highest BCUT2D eigenvalue weighted by Crippen LogP contribution is 2.24. The number of halogens is 6. The molecule has 0 aliphatic rings. The van der Waals surface area contributed by atoms with Gasteiger partial charge in [-0.2, -0.15) is 36.4 Å². The van der Waals surface area contributed by atoms with E-state index < -0.39 is 37.1 Å². The molecule has 0 unspecified atom stereocenters. The molecule has 0 bridgehead atoms. The van der Waals surface area contributed by atoms with E-state index in [1.165, 1.54) is 29.1 Å². The number of aromatic nitrogens is 4. The molecule has 31 heavy (non-hydrogen) atoms. The summed E-state index contributed by atoms with van der Waals surface area (Å²) < 4.78 is 86.3. The molecule has 0 fully saturated rings. The fraction of sp³-hybridized carbons (Fsp3) is 0.278.